The third kappa shape index (κ3) is 3.26. The maximum absolute atomic E-state index is 9.72. The minimum atomic E-state index is -0.245. The highest BCUT2D eigenvalue weighted by Crippen LogP contribution is 2.39. The number of phenolic OH excluding ortho intramolecular Hbond substituents is 1. The molecule has 1 aliphatic rings. The van der Waals surface area contributed by atoms with Gasteiger partial charge in [-0.3, -0.25) is 4.90 Å². The van der Waals surface area contributed by atoms with Gasteiger partial charge in [-0.05, 0) is 17.7 Å². The van der Waals surface area contributed by atoms with E-state index < -0.39 is 0 Å². The Kier molecular flexibility index (Phi) is 4.45. The van der Waals surface area contributed by atoms with Crippen LogP contribution in [0.4, 0.5) is 0 Å². The molecule has 1 aromatic carbocycles. The summed E-state index contributed by atoms with van der Waals surface area (Å²) in [6.07, 6.45) is 0. The standard InChI is InChI=1S/C15H24N2O2/c1-15(2,11-18)14(17-8-6-16-7-9-17)12-4-3-5-13(19)10-12/h3-5,10,14,16,18-19H,6-9,11H2,1-2H3/t14-/m1/s1. The lowest BCUT2D eigenvalue weighted by Gasteiger charge is -2.43. The van der Waals surface area contributed by atoms with E-state index in [1.807, 2.05) is 18.2 Å². The number of benzene rings is 1. The van der Waals surface area contributed by atoms with Crippen LogP contribution in [0.3, 0.4) is 0 Å². The first kappa shape index (κ1) is 14.3. The number of rotatable bonds is 4. The van der Waals surface area contributed by atoms with Crippen molar-refractivity contribution in [3.63, 3.8) is 0 Å². The van der Waals surface area contributed by atoms with Crippen LogP contribution in [-0.4, -0.2) is 47.9 Å². The number of nitrogens with one attached hydrogen (secondary N) is 1. The van der Waals surface area contributed by atoms with Crippen LogP contribution in [0.15, 0.2) is 24.3 Å². The largest absolute Gasteiger partial charge is 0.508 e. The molecule has 1 fully saturated rings. The number of piperazine rings is 1. The molecule has 0 spiro atoms. The predicted molar refractivity (Wildman–Crippen MR) is 76.2 cm³/mol. The molecular formula is C15H24N2O2. The Labute approximate surface area is 115 Å². The van der Waals surface area contributed by atoms with E-state index in [9.17, 15) is 10.2 Å². The summed E-state index contributed by atoms with van der Waals surface area (Å²) in [5.41, 5.74) is 0.825. The van der Waals surface area contributed by atoms with Crippen molar-refractivity contribution in [2.24, 2.45) is 5.41 Å². The Bertz CT molecular complexity index is 414. The zero-order chi connectivity index (χ0) is 13.9. The van der Waals surface area contributed by atoms with Crippen LogP contribution in [0.5, 0.6) is 5.75 Å². The molecular weight excluding hydrogens is 240 g/mol. The SMILES string of the molecule is CC(C)(CO)[C@@H](c1cccc(O)c1)N1CCNCC1. The number of nitrogens with zero attached hydrogens (tertiary/aromatic N) is 1. The number of hydrogen-bond donors (Lipinski definition) is 3. The van der Waals surface area contributed by atoms with Crippen LogP contribution in [-0.2, 0) is 0 Å². The average Bonchev–Trinajstić information content (AvgIpc) is 2.40. The molecule has 1 saturated heterocycles. The van der Waals surface area contributed by atoms with E-state index >= 15 is 0 Å². The summed E-state index contributed by atoms with van der Waals surface area (Å²) < 4.78 is 0. The van der Waals surface area contributed by atoms with Gasteiger partial charge in [-0.15, -0.1) is 0 Å². The van der Waals surface area contributed by atoms with Gasteiger partial charge in [-0.25, -0.2) is 0 Å². The quantitative estimate of drug-likeness (QED) is 0.768. The number of hydrogen-bond acceptors (Lipinski definition) is 4. The van der Waals surface area contributed by atoms with E-state index in [1.54, 1.807) is 6.07 Å². The van der Waals surface area contributed by atoms with E-state index in [0.29, 0.717) is 0 Å². The maximum Gasteiger partial charge on any atom is 0.115 e. The molecule has 106 valence electrons. The summed E-state index contributed by atoms with van der Waals surface area (Å²) in [5, 5.41) is 22.8. The van der Waals surface area contributed by atoms with Crippen LogP contribution in [0.25, 0.3) is 0 Å². The zero-order valence-corrected chi connectivity index (χ0v) is 11.8. The molecule has 3 N–H and O–H groups in total. The van der Waals surface area contributed by atoms with Gasteiger partial charge in [0.25, 0.3) is 0 Å². The fourth-order valence-electron chi connectivity index (χ4n) is 2.88. The first-order chi connectivity index (χ1) is 9.04. The highest BCUT2D eigenvalue weighted by Gasteiger charge is 2.35. The number of aliphatic hydroxyl groups excluding tert-OH is 1. The Morgan fingerprint density at radius 2 is 2.00 bits per heavy atom. The van der Waals surface area contributed by atoms with E-state index in [4.69, 9.17) is 0 Å². The molecule has 1 heterocycles. The Hall–Kier alpha value is -1.10. The van der Waals surface area contributed by atoms with Gasteiger partial charge in [-0.1, -0.05) is 26.0 Å². The smallest absolute Gasteiger partial charge is 0.115 e. The lowest BCUT2D eigenvalue weighted by atomic mass is 9.79. The van der Waals surface area contributed by atoms with Crippen molar-refractivity contribution in [2.45, 2.75) is 19.9 Å². The second-order valence-electron chi connectivity index (χ2n) is 5.93. The van der Waals surface area contributed by atoms with Gasteiger partial charge in [0, 0.05) is 44.2 Å². The van der Waals surface area contributed by atoms with Crippen LogP contribution >= 0.6 is 0 Å². The van der Waals surface area contributed by atoms with Crippen molar-refractivity contribution in [1.29, 1.82) is 0 Å². The third-order valence-electron chi connectivity index (χ3n) is 3.85. The molecule has 0 radical (unpaired) electrons. The van der Waals surface area contributed by atoms with Crippen LogP contribution < -0.4 is 5.32 Å². The highest BCUT2D eigenvalue weighted by molar-refractivity contribution is 5.30. The van der Waals surface area contributed by atoms with Gasteiger partial charge in [0.2, 0.25) is 0 Å². The Balaban J connectivity index is 2.33. The Morgan fingerprint density at radius 3 is 2.58 bits per heavy atom. The van der Waals surface area contributed by atoms with E-state index in [1.165, 1.54) is 0 Å². The van der Waals surface area contributed by atoms with Crippen molar-refractivity contribution < 1.29 is 10.2 Å². The lowest BCUT2D eigenvalue weighted by molar-refractivity contribution is 0.0304. The van der Waals surface area contributed by atoms with Gasteiger partial charge < -0.3 is 15.5 Å². The Morgan fingerprint density at radius 1 is 1.32 bits per heavy atom. The van der Waals surface area contributed by atoms with E-state index in [2.05, 4.69) is 24.1 Å². The fraction of sp³-hybridized carbons (Fsp3) is 0.600. The lowest BCUT2D eigenvalue weighted by Crippen LogP contribution is -2.49. The molecule has 4 nitrogen and oxygen atoms in total. The van der Waals surface area contributed by atoms with Crippen LogP contribution in [0, 0.1) is 5.41 Å². The number of phenols is 1. The molecule has 1 atom stereocenters. The summed E-state index contributed by atoms with van der Waals surface area (Å²) >= 11 is 0. The zero-order valence-electron chi connectivity index (χ0n) is 11.8. The van der Waals surface area contributed by atoms with E-state index in [0.717, 1.165) is 31.7 Å². The third-order valence-corrected chi connectivity index (χ3v) is 3.85. The molecule has 0 aromatic heterocycles. The summed E-state index contributed by atoms with van der Waals surface area (Å²) in [5.74, 6) is 0.284. The van der Waals surface area contributed by atoms with Crippen molar-refractivity contribution in [3.05, 3.63) is 29.8 Å². The van der Waals surface area contributed by atoms with Gasteiger partial charge in [-0.2, -0.15) is 0 Å². The fourth-order valence-corrected chi connectivity index (χ4v) is 2.88. The molecule has 19 heavy (non-hydrogen) atoms. The first-order valence-electron chi connectivity index (χ1n) is 6.89. The van der Waals surface area contributed by atoms with Crippen molar-refractivity contribution in [1.82, 2.24) is 10.2 Å². The maximum atomic E-state index is 9.72. The molecule has 0 unspecified atom stereocenters. The minimum Gasteiger partial charge on any atom is -0.508 e. The number of aliphatic hydroxyl groups is 1. The topological polar surface area (TPSA) is 55.7 Å². The summed E-state index contributed by atoms with van der Waals surface area (Å²) in [6.45, 7) is 8.13. The van der Waals surface area contributed by atoms with Gasteiger partial charge in [0.1, 0.15) is 5.75 Å². The normalized spacial score (nSPS) is 19.3. The summed E-state index contributed by atoms with van der Waals surface area (Å²) in [6, 6.07) is 7.51. The molecule has 0 bridgehead atoms. The molecule has 4 heteroatoms. The van der Waals surface area contributed by atoms with E-state index in [-0.39, 0.29) is 23.8 Å². The molecule has 0 aliphatic carbocycles. The van der Waals surface area contributed by atoms with Crippen molar-refractivity contribution in [2.75, 3.05) is 32.8 Å². The monoisotopic (exact) mass is 264 g/mol. The highest BCUT2D eigenvalue weighted by atomic mass is 16.3. The summed E-state index contributed by atoms with van der Waals surface area (Å²) in [4.78, 5) is 2.39. The van der Waals surface area contributed by atoms with Crippen molar-refractivity contribution in [3.8, 4) is 5.75 Å². The van der Waals surface area contributed by atoms with Gasteiger partial charge in [0.05, 0.1) is 0 Å². The van der Waals surface area contributed by atoms with Crippen molar-refractivity contribution >= 4 is 0 Å². The predicted octanol–water partition coefficient (Wildman–Crippen LogP) is 1.36. The summed E-state index contributed by atoms with van der Waals surface area (Å²) in [7, 11) is 0. The first-order valence-corrected chi connectivity index (χ1v) is 6.89. The molecule has 0 saturated carbocycles. The molecule has 2 rings (SSSR count). The minimum absolute atomic E-state index is 0.117. The molecule has 1 aliphatic heterocycles. The second kappa shape index (κ2) is 5.90. The van der Waals surface area contributed by atoms with Crippen LogP contribution in [0.2, 0.25) is 0 Å². The molecule has 1 aromatic rings. The number of aromatic hydroxyl groups is 1. The van der Waals surface area contributed by atoms with Crippen LogP contribution in [0.1, 0.15) is 25.5 Å². The second-order valence-corrected chi connectivity index (χ2v) is 5.93. The van der Waals surface area contributed by atoms with Gasteiger partial charge >= 0.3 is 0 Å². The average molecular weight is 264 g/mol. The van der Waals surface area contributed by atoms with Gasteiger partial charge in [0.15, 0.2) is 0 Å². The molecule has 0 amide bonds.